The Bertz CT molecular complexity index is 960. The lowest BCUT2D eigenvalue weighted by atomic mass is 9.53. The lowest BCUT2D eigenvalue weighted by Gasteiger charge is -2.57. The molecule has 0 spiro atoms. The van der Waals surface area contributed by atoms with E-state index in [1.54, 1.807) is 6.26 Å². The predicted octanol–water partition coefficient (Wildman–Crippen LogP) is 4.11. The first kappa shape index (κ1) is 19.4. The third kappa shape index (κ3) is 3.35. The Morgan fingerprint density at radius 1 is 1.23 bits per heavy atom. The van der Waals surface area contributed by atoms with Crippen LogP contribution in [0.5, 0.6) is 0 Å². The summed E-state index contributed by atoms with van der Waals surface area (Å²) in [6, 6.07) is 6.03. The molecule has 4 saturated carbocycles. The largest absolute Gasteiger partial charge is 0.467 e. The van der Waals surface area contributed by atoms with Crippen molar-refractivity contribution in [2.45, 2.75) is 64.5 Å². The topological polar surface area (TPSA) is 83.0 Å². The summed E-state index contributed by atoms with van der Waals surface area (Å²) < 4.78 is 7.46. The lowest BCUT2D eigenvalue weighted by Crippen LogP contribution is -2.59. The average Bonchev–Trinajstić information content (AvgIpc) is 3.29. The standard InChI is InChI=1S/C24H30N4O2/c1-15-16(2)28(14-20-4-3-5-30-20)23(21(15)12-25)27-22(29)13-26-24-9-17-6-18(10-24)8-19(7-17)11-24/h3-5,17-19,26H,6-11,13-14H2,1-2H3,(H,27,29). The third-order valence-corrected chi connectivity index (χ3v) is 7.76. The zero-order valence-electron chi connectivity index (χ0n) is 17.8. The van der Waals surface area contributed by atoms with E-state index in [0.29, 0.717) is 24.5 Å². The molecule has 4 fully saturated rings. The zero-order chi connectivity index (χ0) is 20.9. The van der Waals surface area contributed by atoms with Gasteiger partial charge in [0.1, 0.15) is 17.6 Å². The number of nitrogens with zero attached hydrogens (tertiary/aromatic N) is 2. The molecule has 0 aromatic carbocycles. The van der Waals surface area contributed by atoms with E-state index in [1.807, 2.05) is 30.5 Å². The van der Waals surface area contributed by atoms with Gasteiger partial charge in [0.15, 0.2) is 0 Å². The summed E-state index contributed by atoms with van der Waals surface area (Å²) in [6.07, 6.45) is 9.43. The van der Waals surface area contributed by atoms with Crippen molar-refractivity contribution in [3.8, 4) is 6.07 Å². The fraction of sp³-hybridized carbons (Fsp3) is 0.583. The number of carbonyl (C=O) groups is 1. The SMILES string of the molecule is Cc1c(C#N)c(NC(=O)CNC23CC4CC(CC(C4)C2)C3)n(Cc2ccco2)c1C. The van der Waals surface area contributed by atoms with Crippen molar-refractivity contribution in [2.75, 3.05) is 11.9 Å². The normalized spacial score (nSPS) is 29.2. The van der Waals surface area contributed by atoms with Crippen molar-refractivity contribution < 1.29 is 9.21 Å². The van der Waals surface area contributed by atoms with Gasteiger partial charge in [0, 0.05) is 11.2 Å². The zero-order valence-corrected chi connectivity index (χ0v) is 17.8. The summed E-state index contributed by atoms with van der Waals surface area (Å²) in [7, 11) is 0. The molecule has 30 heavy (non-hydrogen) atoms. The molecule has 6 nitrogen and oxygen atoms in total. The number of carbonyl (C=O) groups excluding carboxylic acids is 1. The quantitative estimate of drug-likeness (QED) is 0.756. The second-order valence-electron chi connectivity index (χ2n) is 9.81. The highest BCUT2D eigenvalue weighted by Crippen LogP contribution is 2.55. The Balaban J connectivity index is 1.31. The van der Waals surface area contributed by atoms with Crippen LogP contribution in [0.1, 0.15) is 61.1 Å². The van der Waals surface area contributed by atoms with Crippen LogP contribution in [-0.4, -0.2) is 22.6 Å². The van der Waals surface area contributed by atoms with E-state index in [0.717, 1.165) is 34.8 Å². The van der Waals surface area contributed by atoms with Crippen LogP contribution in [0.4, 0.5) is 5.82 Å². The van der Waals surface area contributed by atoms with Crippen molar-refractivity contribution in [1.29, 1.82) is 5.26 Å². The molecule has 0 saturated heterocycles. The van der Waals surface area contributed by atoms with E-state index in [-0.39, 0.29) is 11.4 Å². The van der Waals surface area contributed by atoms with Crippen molar-refractivity contribution in [3.63, 3.8) is 0 Å². The van der Waals surface area contributed by atoms with Crippen molar-refractivity contribution >= 4 is 11.7 Å². The summed E-state index contributed by atoms with van der Waals surface area (Å²) in [5.74, 6) is 3.80. The van der Waals surface area contributed by atoms with E-state index < -0.39 is 0 Å². The maximum Gasteiger partial charge on any atom is 0.239 e. The van der Waals surface area contributed by atoms with Crippen molar-refractivity contribution in [3.05, 3.63) is 41.0 Å². The van der Waals surface area contributed by atoms with Gasteiger partial charge in [-0.05, 0) is 87.8 Å². The predicted molar refractivity (Wildman–Crippen MR) is 114 cm³/mol. The van der Waals surface area contributed by atoms with Crippen LogP contribution >= 0.6 is 0 Å². The van der Waals surface area contributed by atoms with Crippen LogP contribution in [0.3, 0.4) is 0 Å². The summed E-state index contributed by atoms with van der Waals surface area (Å²) in [5, 5.41) is 16.4. The van der Waals surface area contributed by atoms with Gasteiger partial charge in [-0.1, -0.05) is 0 Å². The van der Waals surface area contributed by atoms with Crippen LogP contribution in [-0.2, 0) is 11.3 Å². The number of hydrogen-bond donors (Lipinski definition) is 2. The maximum absolute atomic E-state index is 12.9. The minimum absolute atomic E-state index is 0.0829. The summed E-state index contributed by atoms with van der Waals surface area (Å²) in [6.45, 7) is 4.68. The third-order valence-electron chi connectivity index (χ3n) is 7.76. The van der Waals surface area contributed by atoms with Gasteiger partial charge in [-0.25, -0.2) is 0 Å². The van der Waals surface area contributed by atoms with E-state index in [4.69, 9.17) is 4.42 Å². The van der Waals surface area contributed by atoms with E-state index in [1.165, 1.54) is 38.5 Å². The first-order chi connectivity index (χ1) is 14.5. The Labute approximate surface area is 177 Å². The number of furan rings is 1. The molecule has 2 aromatic rings. The van der Waals surface area contributed by atoms with E-state index >= 15 is 0 Å². The van der Waals surface area contributed by atoms with Gasteiger partial charge in [0.25, 0.3) is 0 Å². The molecule has 4 aliphatic carbocycles. The Kier molecular flexibility index (Phi) is 4.74. The molecule has 6 heteroatoms. The Morgan fingerprint density at radius 2 is 1.90 bits per heavy atom. The number of rotatable bonds is 6. The number of aromatic nitrogens is 1. The van der Waals surface area contributed by atoms with Crippen molar-refractivity contribution in [2.24, 2.45) is 17.8 Å². The van der Waals surface area contributed by atoms with Crippen LogP contribution < -0.4 is 10.6 Å². The van der Waals surface area contributed by atoms with Gasteiger partial charge in [0.05, 0.1) is 24.9 Å². The molecule has 4 bridgehead atoms. The monoisotopic (exact) mass is 406 g/mol. The van der Waals surface area contributed by atoms with E-state index in [9.17, 15) is 10.1 Å². The van der Waals surface area contributed by atoms with Gasteiger partial charge in [-0.15, -0.1) is 0 Å². The second-order valence-corrected chi connectivity index (χ2v) is 9.81. The Morgan fingerprint density at radius 3 is 2.47 bits per heavy atom. The Hall–Kier alpha value is -2.52. The van der Waals surface area contributed by atoms with Crippen LogP contribution in [0.15, 0.2) is 22.8 Å². The second kappa shape index (κ2) is 7.31. The van der Waals surface area contributed by atoms with Gasteiger partial charge in [0.2, 0.25) is 5.91 Å². The molecule has 0 radical (unpaired) electrons. The van der Waals surface area contributed by atoms with Crippen molar-refractivity contribution in [1.82, 2.24) is 9.88 Å². The maximum atomic E-state index is 12.9. The van der Waals surface area contributed by atoms with Crippen LogP contribution in [0.2, 0.25) is 0 Å². The summed E-state index contributed by atoms with van der Waals surface area (Å²) in [4.78, 5) is 12.9. The van der Waals surface area contributed by atoms with Crippen LogP contribution in [0, 0.1) is 42.9 Å². The minimum atomic E-state index is -0.0829. The highest BCUT2D eigenvalue weighted by atomic mass is 16.3. The molecule has 2 aromatic heterocycles. The minimum Gasteiger partial charge on any atom is -0.467 e. The fourth-order valence-electron chi connectivity index (χ4n) is 6.66. The molecule has 6 rings (SSSR count). The van der Waals surface area contributed by atoms with Gasteiger partial charge < -0.3 is 19.6 Å². The molecule has 2 N–H and O–H groups in total. The number of hydrogen-bond acceptors (Lipinski definition) is 4. The molecule has 4 aliphatic rings. The molecule has 158 valence electrons. The number of anilines is 1. The molecular weight excluding hydrogens is 376 g/mol. The first-order valence-corrected chi connectivity index (χ1v) is 11.1. The highest BCUT2D eigenvalue weighted by molar-refractivity contribution is 5.93. The summed E-state index contributed by atoms with van der Waals surface area (Å²) in [5.41, 5.74) is 2.54. The van der Waals surface area contributed by atoms with E-state index in [2.05, 4.69) is 16.7 Å². The lowest BCUT2D eigenvalue weighted by molar-refractivity contribution is -0.116. The fourth-order valence-corrected chi connectivity index (χ4v) is 6.66. The smallest absolute Gasteiger partial charge is 0.239 e. The summed E-state index contributed by atoms with van der Waals surface area (Å²) >= 11 is 0. The molecule has 0 atom stereocenters. The average molecular weight is 407 g/mol. The number of amides is 1. The van der Waals surface area contributed by atoms with Gasteiger partial charge in [-0.3, -0.25) is 4.79 Å². The van der Waals surface area contributed by atoms with Gasteiger partial charge in [-0.2, -0.15) is 5.26 Å². The highest BCUT2D eigenvalue weighted by Gasteiger charge is 2.50. The molecular formula is C24H30N4O2. The number of nitrogens with one attached hydrogen (secondary N) is 2. The number of nitriles is 1. The first-order valence-electron chi connectivity index (χ1n) is 11.1. The van der Waals surface area contributed by atoms with Crippen LogP contribution in [0.25, 0.3) is 0 Å². The molecule has 0 unspecified atom stereocenters. The van der Waals surface area contributed by atoms with Gasteiger partial charge >= 0.3 is 0 Å². The molecule has 1 amide bonds. The molecule has 2 heterocycles. The molecule has 0 aliphatic heterocycles.